The number of likely N-dealkylation sites (tertiary alicyclic amines) is 1. The molecule has 4 nitrogen and oxygen atoms in total. The number of carbonyl (C=O) groups excluding carboxylic acids is 1. The van der Waals surface area contributed by atoms with Gasteiger partial charge < -0.3 is 15.0 Å². The summed E-state index contributed by atoms with van der Waals surface area (Å²) in [5.41, 5.74) is 2.40. The zero-order valence-electron chi connectivity index (χ0n) is 14.3. The first kappa shape index (κ1) is 16.3. The predicted molar refractivity (Wildman–Crippen MR) is 91.7 cm³/mol. The number of nitrogens with one attached hydrogen (secondary N) is 1. The van der Waals surface area contributed by atoms with Crippen molar-refractivity contribution in [3.05, 3.63) is 29.3 Å². The topological polar surface area (TPSA) is 41.6 Å². The molecule has 1 N–H and O–H groups in total. The third-order valence-electron chi connectivity index (χ3n) is 4.84. The first-order chi connectivity index (χ1) is 11.1. The van der Waals surface area contributed by atoms with Crippen molar-refractivity contribution in [1.29, 1.82) is 0 Å². The Kier molecular flexibility index (Phi) is 5.21. The van der Waals surface area contributed by atoms with Crippen molar-refractivity contribution < 1.29 is 9.53 Å². The molecule has 1 amide bonds. The average Bonchev–Trinajstić information content (AvgIpc) is 3.36. The first-order valence-corrected chi connectivity index (χ1v) is 8.84. The summed E-state index contributed by atoms with van der Waals surface area (Å²) in [6.45, 7) is 7.26. The van der Waals surface area contributed by atoms with E-state index in [9.17, 15) is 4.79 Å². The van der Waals surface area contributed by atoms with Crippen LogP contribution < -0.4 is 10.1 Å². The summed E-state index contributed by atoms with van der Waals surface area (Å²) in [6.07, 6.45) is 4.70. The van der Waals surface area contributed by atoms with Gasteiger partial charge in [0.05, 0.1) is 6.54 Å². The molecule has 1 aromatic carbocycles. The van der Waals surface area contributed by atoms with E-state index in [0.717, 1.165) is 44.1 Å². The Hall–Kier alpha value is -1.55. The number of rotatable bonds is 6. The summed E-state index contributed by atoms with van der Waals surface area (Å²) in [6, 6.07) is 6.32. The summed E-state index contributed by atoms with van der Waals surface area (Å²) < 4.78 is 6.16. The van der Waals surface area contributed by atoms with Gasteiger partial charge >= 0.3 is 0 Å². The van der Waals surface area contributed by atoms with Gasteiger partial charge in [0.1, 0.15) is 11.9 Å². The highest BCUT2D eigenvalue weighted by Gasteiger charge is 2.25. The maximum absolute atomic E-state index is 12.2. The Morgan fingerprint density at radius 2 is 1.96 bits per heavy atom. The second-order valence-electron chi connectivity index (χ2n) is 7.04. The quantitative estimate of drug-likeness (QED) is 0.877. The van der Waals surface area contributed by atoms with Crippen LogP contribution in [0.1, 0.15) is 36.8 Å². The lowest BCUT2D eigenvalue weighted by Crippen LogP contribution is -2.45. The number of carbonyl (C=O) groups is 1. The third-order valence-corrected chi connectivity index (χ3v) is 4.84. The van der Waals surface area contributed by atoms with Gasteiger partial charge in [-0.15, -0.1) is 0 Å². The Morgan fingerprint density at radius 1 is 1.22 bits per heavy atom. The fourth-order valence-corrected chi connectivity index (χ4v) is 3.05. The fourth-order valence-electron chi connectivity index (χ4n) is 3.05. The molecule has 4 heteroatoms. The van der Waals surface area contributed by atoms with E-state index >= 15 is 0 Å². The number of amides is 1. The number of aryl methyl sites for hydroxylation is 2. The van der Waals surface area contributed by atoms with Gasteiger partial charge in [0, 0.05) is 25.9 Å². The highest BCUT2D eigenvalue weighted by Crippen LogP contribution is 2.27. The molecule has 1 saturated heterocycles. The Balaban J connectivity index is 1.42. The normalized spacial score (nSPS) is 19.0. The van der Waals surface area contributed by atoms with Crippen LogP contribution >= 0.6 is 0 Å². The molecule has 1 aliphatic carbocycles. The van der Waals surface area contributed by atoms with Crippen LogP contribution in [-0.4, -0.2) is 43.1 Å². The van der Waals surface area contributed by atoms with Crippen LogP contribution in [0.15, 0.2) is 18.2 Å². The van der Waals surface area contributed by atoms with Crippen molar-refractivity contribution >= 4 is 5.91 Å². The summed E-state index contributed by atoms with van der Waals surface area (Å²) in [5, 5.41) is 3.29. The summed E-state index contributed by atoms with van der Waals surface area (Å²) in [4.78, 5) is 14.2. The monoisotopic (exact) mass is 316 g/mol. The van der Waals surface area contributed by atoms with Crippen LogP contribution in [0, 0.1) is 19.8 Å². The Morgan fingerprint density at radius 3 is 2.65 bits per heavy atom. The van der Waals surface area contributed by atoms with E-state index in [1.807, 2.05) is 4.90 Å². The molecule has 0 unspecified atom stereocenters. The number of nitrogens with zero attached hydrogens (tertiary/aromatic N) is 1. The van der Waals surface area contributed by atoms with Crippen molar-refractivity contribution in [3.63, 3.8) is 0 Å². The first-order valence-electron chi connectivity index (χ1n) is 8.84. The SMILES string of the molecule is Cc1ccc(C)c(OC2CCN(C(=O)CNCC3CC3)CC2)c1. The molecule has 1 aromatic rings. The fraction of sp³-hybridized carbons (Fsp3) is 0.632. The minimum Gasteiger partial charge on any atom is -0.490 e. The van der Waals surface area contributed by atoms with Gasteiger partial charge in [0.15, 0.2) is 0 Å². The molecule has 0 spiro atoms. The van der Waals surface area contributed by atoms with Gasteiger partial charge in [0.25, 0.3) is 0 Å². The number of hydrogen-bond acceptors (Lipinski definition) is 3. The van der Waals surface area contributed by atoms with Crippen LogP contribution in [0.4, 0.5) is 0 Å². The van der Waals surface area contributed by atoms with Gasteiger partial charge in [-0.2, -0.15) is 0 Å². The number of benzene rings is 1. The van der Waals surface area contributed by atoms with Gasteiger partial charge in [-0.1, -0.05) is 12.1 Å². The molecule has 2 aliphatic rings. The zero-order valence-corrected chi connectivity index (χ0v) is 14.3. The van der Waals surface area contributed by atoms with Crippen LogP contribution in [0.3, 0.4) is 0 Å². The lowest BCUT2D eigenvalue weighted by atomic mass is 10.1. The lowest BCUT2D eigenvalue weighted by molar-refractivity contribution is -0.132. The molecule has 0 aromatic heterocycles. The van der Waals surface area contributed by atoms with Crippen LogP contribution in [0.5, 0.6) is 5.75 Å². The molecule has 23 heavy (non-hydrogen) atoms. The number of ether oxygens (including phenoxy) is 1. The minimum absolute atomic E-state index is 0.221. The second kappa shape index (κ2) is 7.35. The lowest BCUT2D eigenvalue weighted by Gasteiger charge is -2.32. The van der Waals surface area contributed by atoms with E-state index in [0.29, 0.717) is 6.54 Å². The summed E-state index contributed by atoms with van der Waals surface area (Å²) in [5.74, 6) is 2.04. The standard InChI is InChI=1S/C19H28N2O2/c1-14-3-4-15(2)18(11-14)23-17-7-9-21(10-8-17)19(22)13-20-12-16-5-6-16/h3-4,11,16-17,20H,5-10,12-13H2,1-2H3. The van der Waals surface area contributed by atoms with Gasteiger partial charge in [-0.25, -0.2) is 0 Å². The smallest absolute Gasteiger partial charge is 0.236 e. The number of piperidine rings is 1. The van der Waals surface area contributed by atoms with E-state index in [1.165, 1.54) is 24.0 Å². The highest BCUT2D eigenvalue weighted by molar-refractivity contribution is 5.78. The van der Waals surface area contributed by atoms with Crippen LogP contribution in [0.2, 0.25) is 0 Å². The van der Waals surface area contributed by atoms with E-state index in [2.05, 4.69) is 37.4 Å². The maximum Gasteiger partial charge on any atom is 0.236 e. The minimum atomic E-state index is 0.221. The molecular weight excluding hydrogens is 288 g/mol. The third kappa shape index (κ3) is 4.71. The number of hydrogen-bond donors (Lipinski definition) is 1. The molecule has 2 fully saturated rings. The van der Waals surface area contributed by atoms with Crippen LogP contribution in [-0.2, 0) is 4.79 Å². The molecule has 0 bridgehead atoms. The average molecular weight is 316 g/mol. The van der Waals surface area contributed by atoms with Crippen molar-refractivity contribution in [2.24, 2.45) is 5.92 Å². The maximum atomic E-state index is 12.2. The summed E-state index contributed by atoms with van der Waals surface area (Å²) >= 11 is 0. The largest absolute Gasteiger partial charge is 0.490 e. The highest BCUT2D eigenvalue weighted by atomic mass is 16.5. The molecule has 1 aliphatic heterocycles. The molecule has 0 radical (unpaired) electrons. The molecule has 1 saturated carbocycles. The molecule has 0 atom stereocenters. The van der Waals surface area contributed by atoms with Crippen molar-refractivity contribution in [2.75, 3.05) is 26.2 Å². The Labute approximate surface area is 139 Å². The molecule has 126 valence electrons. The van der Waals surface area contributed by atoms with Gasteiger partial charge in [-0.3, -0.25) is 4.79 Å². The van der Waals surface area contributed by atoms with E-state index in [1.54, 1.807) is 0 Å². The zero-order chi connectivity index (χ0) is 16.2. The molecule has 3 rings (SSSR count). The second-order valence-corrected chi connectivity index (χ2v) is 7.04. The molecular formula is C19H28N2O2. The van der Waals surface area contributed by atoms with Crippen molar-refractivity contribution in [1.82, 2.24) is 10.2 Å². The van der Waals surface area contributed by atoms with Gasteiger partial charge in [0.2, 0.25) is 5.91 Å². The summed E-state index contributed by atoms with van der Waals surface area (Å²) in [7, 11) is 0. The predicted octanol–water partition coefficient (Wildman–Crippen LogP) is 2.67. The van der Waals surface area contributed by atoms with Crippen molar-refractivity contribution in [2.45, 2.75) is 45.6 Å². The Bertz CT molecular complexity index is 546. The van der Waals surface area contributed by atoms with E-state index < -0.39 is 0 Å². The van der Waals surface area contributed by atoms with Crippen LogP contribution in [0.25, 0.3) is 0 Å². The molecule has 1 heterocycles. The van der Waals surface area contributed by atoms with Crippen molar-refractivity contribution in [3.8, 4) is 5.75 Å². The van der Waals surface area contributed by atoms with Gasteiger partial charge in [-0.05, 0) is 56.3 Å². The van der Waals surface area contributed by atoms with E-state index in [-0.39, 0.29) is 12.0 Å². The van der Waals surface area contributed by atoms with E-state index in [4.69, 9.17) is 4.74 Å².